The van der Waals surface area contributed by atoms with Crippen molar-refractivity contribution in [2.75, 3.05) is 51.3 Å². The van der Waals surface area contributed by atoms with Crippen molar-refractivity contribution in [3.8, 4) is 0 Å². The van der Waals surface area contributed by atoms with E-state index in [0.29, 0.717) is 23.3 Å². The fourth-order valence-corrected chi connectivity index (χ4v) is 7.34. The molecule has 44 heavy (non-hydrogen) atoms. The Morgan fingerprint density at radius 3 is 2.45 bits per heavy atom. The Kier molecular flexibility index (Phi) is 9.68. The van der Waals surface area contributed by atoms with Gasteiger partial charge in [-0.15, -0.1) is 0 Å². The fourth-order valence-electron chi connectivity index (χ4n) is 5.73. The molecule has 2 aliphatic heterocycles. The normalized spacial score (nSPS) is 18.5. The van der Waals surface area contributed by atoms with Gasteiger partial charge in [-0.3, -0.25) is 24.4 Å². The Labute approximate surface area is 261 Å². The summed E-state index contributed by atoms with van der Waals surface area (Å²) in [5.74, 6) is -1.82. The van der Waals surface area contributed by atoms with Gasteiger partial charge in [0, 0.05) is 55.8 Å². The third-order valence-electron chi connectivity index (χ3n) is 8.03. The second-order valence-corrected chi connectivity index (χ2v) is 13.1. The molecule has 2 aromatic carbocycles. The molecule has 14 heteroatoms. The molecule has 5 rings (SSSR count). The van der Waals surface area contributed by atoms with Crippen LogP contribution in [0.5, 0.6) is 0 Å². The number of rotatable bonds is 9. The minimum atomic E-state index is -4.16. The van der Waals surface area contributed by atoms with Gasteiger partial charge in [-0.05, 0) is 66.9 Å². The van der Waals surface area contributed by atoms with E-state index in [1.165, 1.54) is 17.1 Å². The highest BCUT2D eigenvalue weighted by Gasteiger charge is 2.45. The Balaban J connectivity index is 1.37. The van der Waals surface area contributed by atoms with Crippen molar-refractivity contribution >= 4 is 55.9 Å². The molecule has 2 amide bonds. The number of esters is 1. The van der Waals surface area contributed by atoms with E-state index >= 15 is 0 Å². The Hall–Kier alpha value is -3.78. The summed E-state index contributed by atoms with van der Waals surface area (Å²) in [6.45, 7) is 2.13. The number of piperazine rings is 1. The average Bonchev–Trinajstić information content (AvgIpc) is 3.03. The molecule has 1 unspecified atom stereocenters. The van der Waals surface area contributed by atoms with Crippen LogP contribution >= 0.6 is 11.6 Å². The van der Waals surface area contributed by atoms with Crippen molar-refractivity contribution in [2.45, 2.75) is 36.7 Å². The topological polar surface area (TPSA) is 132 Å². The Bertz CT molecular complexity index is 1630. The summed E-state index contributed by atoms with van der Waals surface area (Å²) in [4.78, 5) is 45.5. The van der Waals surface area contributed by atoms with Crippen LogP contribution in [-0.4, -0.2) is 104 Å². The molecular weight excluding hydrogens is 608 g/mol. The number of nitrogens with zero attached hydrogens (tertiary/aromatic N) is 5. The maximum absolute atomic E-state index is 13.8. The van der Waals surface area contributed by atoms with Crippen LogP contribution in [-0.2, 0) is 29.1 Å². The van der Waals surface area contributed by atoms with Crippen molar-refractivity contribution in [2.24, 2.45) is 0 Å². The van der Waals surface area contributed by atoms with Crippen molar-refractivity contribution in [1.82, 2.24) is 24.6 Å². The van der Waals surface area contributed by atoms with E-state index in [2.05, 4.69) is 15.2 Å². The second kappa shape index (κ2) is 13.5. The third kappa shape index (κ3) is 6.80. The van der Waals surface area contributed by atoms with E-state index in [9.17, 15) is 22.8 Å². The molecule has 1 atom stereocenters. The van der Waals surface area contributed by atoms with Crippen molar-refractivity contribution < 1.29 is 27.5 Å². The van der Waals surface area contributed by atoms with Crippen LogP contribution in [0.25, 0.3) is 10.8 Å². The summed E-state index contributed by atoms with van der Waals surface area (Å²) in [6.07, 6.45) is 4.91. The number of benzene rings is 2. The minimum Gasteiger partial charge on any atom is -0.465 e. The number of piperidine rings is 1. The number of pyridine rings is 1. The van der Waals surface area contributed by atoms with Gasteiger partial charge < -0.3 is 15.0 Å². The highest BCUT2D eigenvalue weighted by Crippen LogP contribution is 2.29. The first kappa shape index (κ1) is 31.6. The zero-order chi connectivity index (χ0) is 31.4. The molecule has 3 aromatic rings. The van der Waals surface area contributed by atoms with Crippen LogP contribution in [0.3, 0.4) is 0 Å². The minimum absolute atomic E-state index is 0.00362. The lowest BCUT2D eigenvalue weighted by atomic mass is 10.0. The van der Waals surface area contributed by atoms with E-state index in [0.717, 1.165) is 28.5 Å². The molecule has 12 nitrogen and oxygen atoms in total. The molecule has 0 bridgehead atoms. The van der Waals surface area contributed by atoms with Crippen molar-refractivity contribution in [3.05, 3.63) is 65.9 Å². The average molecular weight is 643 g/mol. The number of ether oxygens (including phenoxy) is 1. The number of amides is 2. The number of anilines is 1. The SMILES string of the molecule is CCOC(=O)CNC(=O)C1CN(S(=O)(=O)c2ccc3cc(Cl)ccc3c2)CC(=O)N1N(C)C1CCN(c2ccncc2)CC1. The van der Waals surface area contributed by atoms with Crippen LogP contribution < -0.4 is 10.2 Å². The van der Waals surface area contributed by atoms with Crippen LogP contribution in [0.4, 0.5) is 5.69 Å². The van der Waals surface area contributed by atoms with E-state index in [1.807, 2.05) is 12.1 Å². The lowest BCUT2D eigenvalue weighted by molar-refractivity contribution is -0.170. The van der Waals surface area contributed by atoms with Gasteiger partial charge in [-0.1, -0.05) is 23.7 Å². The lowest BCUT2D eigenvalue weighted by Crippen LogP contribution is -2.68. The van der Waals surface area contributed by atoms with Gasteiger partial charge in [-0.25, -0.2) is 13.4 Å². The second-order valence-electron chi connectivity index (χ2n) is 10.7. The van der Waals surface area contributed by atoms with E-state index < -0.39 is 46.9 Å². The van der Waals surface area contributed by atoms with Crippen LogP contribution in [0.15, 0.2) is 65.8 Å². The predicted molar refractivity (Wildman–Crippen MR) is 165 cm³/mol. The van der Waals surface area contributed by atoms with Gasteiger partial charge in [0.2, 0.25) is 15.9 Å². The number of aromatic nitrogens is 1. The molecule has 0 saturated carbocycles. The van der Waals surface area contributed by atoms with Gasteiger partial charge in [0.05, 0.1) is 18.0 Å². The fraction of sp³-hybridized carbons (Fsp3) is 0.400. The van der Waals surface area contributed by atoms with Gasteiger partial charge in [-0.2, -0.15) is 4.31 Å². The number of carbonyl (C=O) groups excluding carboxylic acids is 3. The first-order valence-electron chi connectivity index (χ1n) is 14.4. The highest BCUT2D eigenvalue weighted by atomic mass is 35.5. The van der Waals surface area contributed by atoms with Gasteiger partial charge >= 0.3 is 5.97 Å². The van der Waals surface area contributed by atoms with Crippen molar-refractivity contribution in [1.29, 1.82) is 0 Å². The van der Waals surface area contributed by atoms with Crippen LogP contribution in [0, 0.1) is 0 Å². The molecule has 234 valence electrons. The summed E-state index contributed by atoms with van der Waals surface area (Å²) in [5, 5.41) is 7.60. The number of hydrogen-bond donors (Lipinski definition) is 1. The number of sulfonamides is 1. The predicted octanol–water partition coefficient (Wildman–Crippen LogP) is 2.28. The van der Waals surface area contributed by atoms with Gasteiger partial charge in [0.25, 0.3) is 5.91 Å². The zero-order valence-electron chi connectivity index (χ0n) is 24.6. The first-order chi connectivity index (χ1) is 21.1. The summed E-state index contributed by atoms with van der Waals surface area (Å²) >= 11 is 6.08. The third-order valence-corrected chi connectivity index (χ3v) is 10.1. The molecule has 2 fully saturated rings. The number of carbonyl (C=O) groups is 3. The zero-order valence-corrected chi connectivity index (χ0v) is 26.1. The molecule has 1 N–H and O–H groups in total. The molecule has 0 aliphatic carbocycles. The van der Waals surface area contributed by atoms with Gasteiger partial charge in [0.15, 0.2) is 0 Å². The van der Waals surface area contributed by atoms with Gasteiger partial charge in [0.1, 0.15) is 12.6 Å². The maximum Gasteiger partial charge on any atom is 0.325 e. The van der Waals surface area contributed by atoms with Crippen molar-refractivity contribution in [3.63, 3.8) is 0 Å². The molecule has 3 heterocycles. The molecule has 0 spiro atoms. The number of halogens is 1. The lowest BCUT2D eigenvalue weighted by Gasteiger charge is -2.48. The Morgan fingerprint density at radius 1 is 1.07 bits per heavy atom. The molecule has 2 aliphatic rings. The molecule has 0 radical (unpaired) electrons. The van der Waals surface area contributed by atoms with Crippen LogP contribution in [0.2, 0.25) is 5.02 Å². The number of fused-ring (bicyclic) bond motifs is 1. The van der Waals surface area contributed by atoms with Crippen LogP contribution in [0.1, 0.15) is 19.8 Å². The highest BCUT2D eigenvalue weighted by molar-refractivity contribution is 7.89. The summed E-state index contributed by atoms with van der Waals surface area (Å²) < 4.78 is 33.6. The first-order valence-corrected chi connectivity index (χ1v) is 16.2. The summed E-state index contributed by atoms with van der Waals surface area (Å²) in [5.41, 5.74) is 1.06. The Morgan fingerprint density at radius 2 is 1.75 bits per heavy atom. The smallest absolute Gasteiger partial charge is 0.325 e. The summed E-state index contributed by atoms with van der Waals surface area (Å²) in [7, 11) is -2.42. The molecular formula is C30H35ClN6O6S. The quantitative estimate of drug-likeness (QED) is 0.349. The molecule has 1 aromatic heterocycles. The number of hydrogen-bond acceptors (Lipinski definition) is 9. The standard InChI is InChI=1S/C30H35ClN6O6S/c1-3-43-29(39)18-33-30(40)27-19-36(44(41,42)26-7-5-21-16-23(31)6-4-22(21)17-26)20-28(38)37(27)34(2)24-10-14-35(15-11-24)25-8-12-32-13-9-25/h4-9,12-13,16-17,24,27H,3,10-11,14-15,18-20H2,1-2H3,(H,33,40). The molecule has 2 saturated heterocycles. The number of hydrazine groups is 1. The summed E-state index contributed by atoms with van der Waals surface area (Å²) in [6, 6.07) is 12.4. The largest absolute Gasteiger partial charge is 0.465 e. The van der Waals surface area contributed by atoms with E-state index in [1.54, 1.807) is 55.6 Å². The number of nitrogens with one attached hydrogen (secondary N) is 1. The monoisotopic (exact) mass is 642 g/mol. The van der Waals surface area contributed by atoms with E-state index in [4.69, 9.17) is 16.3 Å². The van der Waals surface area contributed by atoms with E-state index in [-0.39, 0.29) is 24.1 Å². The maximum atomic E-state index is 13.8.